The zero-order valence-corrected chi connectivity index (χ0v) is 16.0. The maximum atomic E-state index is 13.2. The molecule has 0 atom stereocenters. The predicted molar refractivity (Wildman–Crippen MR) is 104 cm³/mol. The number of carbonyl (C=O) groups excluding carboxylic acids is 2. The molecule has 1 aromatic carbocycles. The average Bonchev–Trinajstić information content (AvgIpc) is 3.30. The van der Waals surface area contributed by atoms with E-state index in [2.05, 4.69) is 20.9 Å². The predicted octanol–water partition coefficient (Wildman–Crippen LogP) is 2.09. The summed E-state index contributed by atoms with van der Waals surface area (Å²) in [5.74, 6) is -0.394. The van der Waals surface area contributed by atoms with Crippen LogP contribution < -0.4 is 15.8 Å². The first-order chi connectivity index (χ1) is 14.0. The largest absolute Gasteiger partial charge is 0.338 e. The third-order valence-corrected chi connectivity index (χ3v) is 6.12. The summed E-state index contributed by atoms with van der Waals surface area (Å²) in [7, 11) is 0. The lowest BCUT2D eigenvalue weighted by atomic mass is 9.94. The molecule has 1 spiro atoms. The highest BCUT2D eigenvalue weighted by atomic mass is 19.1. The van der Waals surface area contributed by atoms with Crippen molar-refractivity contribution in [2.45, 2.75) is 44.2 Å². The SMILES string of the molecule is O=C(c1n[nH]c2c1CCCC2)N1CCC2(CC1)NC(=O)N(c1ccc(F)cc1)N2. The van der Waals surface area contributed by atoms with Crippen molar-refractivity contribution in [3.63, 3.8) is 0 Å². The highest BCUT2D eigenvalue weighted by molar-refractivity contribution is 5.95. The number of fused-ring (bicyclic) bond motifs is 1. The topological polar surface area (TPSA) is 93.4 Å². The van der Waals surface area contributed by atoms with E-state index in [0.717, 1.165) is 36.9 Å². The molecule has 3 amide bonds. The molecule has 3 heterocycles. The monoisotopic (exact) mass is 398 g/mol. The molecule has 5 rings (SSSR count). The number of H-pyrrole nitrogens is 1. The van der Waals surface area contributed by atoms with Gasteiger partial charge in [-0.2, -0.15) is 5.10 Å². The van der Waals surface area contributed by atoms with E-state index < -0.39 is 5.66 Å². The molecule has 2 fully saturated rings. The summed E-state index contributed by atoms with van der Waals surface area (Å²) in [6, 6.07) is 5.47. The van der Waals surface area contributed by atoms with E-state index in [4.69, 9.17) is 0 Å². The number of hydrogen-bond acceptors (Lipinski definition) is 4. The quantitative estimate of drug-likeness (QED) is 0.722. The number of rotatable bonds is 2. The van der Waals surface area contributed by atoms with Crippen molar-refractivity contribution in [1.82, 2.24) is 25.8 Å². The number of nitrogens with zero attached hydrogens (tertiary/aromatic N) is 3. The van der Waals surface area contributed by atoms with Crippen molar-refractivity contribution in [3.05, 3.63) is 47.0 Å². The van der Waals surface area contributed by atoms with Crippen LogP contribution in [-0.4, -0.2) is 45.8 Å². The standard InChI is InChI=1S/C20H23FN6O2/c21-13-5-7-14(8-6-13)27-19(29)22-20(25-27)9-11-26(12-10-20)18(28)17-15-3-1-2-4-16(15)23-24-17/h5-8,25H,1-4,9-12H2,(H,22,29)(H,23,24). The number of hydrazine groups is 1. The molecule has 0 bridgehead atoms. The highest BCUT2D eigenvalue weighted by Crippen LogP contribution is 2.29. The second kappa shape index (κ2) is 6.84. The fourth-order valence-corrected chi connectivity index (χ4v) is 4.46. The van der Waals surface area contributed by atoms with Gasteiger partial charge in [-0.3, -0.25) is 9.89 Å². The summed E-state index contributed by atoms with van der Waals surface area (Å²) in [6.45, 7) is 1.04. The van der Waals surface area contributed by atoms with Crippen LogP contribution in [-0.2, 0) is 12.8 Å². The third-order valence-electron chi connectivity index (χ3n) is 6.12. The van der Waals surface area contributed by atoms with Gasteiger partial charge in [0.05, 0.1) is 5.69 Å². The van der Waals surface area contributed by atoms with Crippen molar-refractivity contribution in [1.29, 1.82) is 0 Å². The van der Waals surface area contributed by atoms with Crippen LogP contribution in [0.1, 0.15) is 47.4 Å². The Hall–Kier alpha value is -2.94. The number of benzene rings is 1. The lowest BCUT2D eigenvalue weighted by Crippen LogP contribution is -2.58. The molecule has 2 aromatic rings. The van der Waals surface area contributed by atoms with Gasteiger partial charge in [0.2, 0.25) is 0 Å². The molecule has 0 unspecified atom stereocenters. The van der Waals surface area contributed by atoms with Crippen LogP contribution in [0, 0.1) is 5.82 Å². The van der Waals surface area contributed by atoms with Gasteiger partial charge in [-0.25, -0.2) is 19.6 Å². The summed E-state index contributed by atoms with van der Waals surface area (Å²) in [4.78, 5) is 27.3. The number of aromatic nitrogens is 2. The Bertz CT molecular complexity index is 948. The number of halogens is 1. The van der Waals surface area contributed by atoms with Gasteiger partial charge in [-0.1, -0.05) is 0 Å². The summed E-state index contributed by atoms with van der Waals surface area (Å²) in [5.41, 5.74) is 5.90. The second-order valence-corrected chi connectivity index (χ2v) is 7.96. The number of anilines is 1. The molecule has 0 saturated carbocycles. The normalized spacial score (nSPS) is 20.7. The van der Waals surface area contributed by atoms with E-state index >= 15 is 0 Å². The molecule has 0 radical (unpaired) electrons. The van der Waals surface area contributed by atoms with Crippen LogP contribution >= 0.6 is 0 Å². The Morgan fingerprint density at radius 2 is 1.83 bits per heavy atom. The van der Waals surface area contributed by atoms with Crippen molar-refractivity contribution in [2.75, 3.05) is 18.1 Å². The number of likely N-dealkylation sites (tertiary alicyclic amines) is 1. The van der Waals surface area contributed by atoms with Crippen molar-refractivity contribution >= 4 is 17.6 Å². The fourth-order valence-electron chi connectivity index (χ4n) is 4.46. The van der Waals surface area contributed by atoms with Crippen LogP contribution in [0.4, 0.5) is 14.9 Å². The van der Waals surface area contributed by atoms with Gasteiger partial charge in [0.15, 0.2) is 5.69 Å². The Kier molecular flexibility index (Phi) is 4.27. The molecule has 2 aliphatic heterocycles. The van der Waals surface area contributed by atoms with Crippen LogP contribution in [0.5, 0.6) is 0 Å². The smallest absolute Gasteiger partial charge is 0.337 e. The minimum atomic E-state index is -0.604. The molecule has 1 aromatic heterocycles. The highest BCUT2D eigenvalue weighted by Gasteiger charge is 2.45. The molecule has 3 N–H and O–H groups in total. The summed E-state index contributed by atoms with van der Waals surface area (Å²) >= 11 is 0. The van der Waals surface area contributed by atoms with Crippen molar-refractivity contribution < 1.29 is 14.0 Å². The van der Waals surface area contributed by atoms with Gasteiger partial charge in [0, 0.05) is 37.2 Å². The molecule has 1 aliphatic carbocycles. The Morgan fingerprint density at radius 3 is 2.59 bits per heavy atom. The molecule has 8 nitrogen and oxygen atoms in total. The van der Waals surface area contributed by atoms with E-state index in [-0.39, 0.29) is 17.8 Å². The summed E-state index contributed by atoms with van der Waals surface area (Å²) < 4.78 is 13.2. The average molecular weight is 398 g/mol. The first kappa shape index (κ1) is 18.1. The van der Waals surface area contributed by atoms with Crippen LogP contribution in [0.25, 0.3) is 0 Å². The maximum absolute atomic E-state index is 13.2. The lowest BCUT2D eigenvalue weighted by molar-refractivity contribution is 0.0633. The van der Waals surface area contributed by atoms with Gasteiger partial charge in [0.1, 0.15) is 11.5 Å². The Balaban J connectivity index is 1.27. The number of amides is 3. The van der Waals surface area contributed by atoms with Gasteiger partial charge >= 0.3 is 6.03 Å². The molecule has 152 valence electrons. The van der Waals surface area contributed by atoms with Crippen LogP contribution in [0.3, 0.4) is 0 Å². The zero-order valence-electron chi connectivity index (χ0n) is 16.0. The van der Waals surface area contributed by atoms with Gasteiger partial charge in [0.25, 0.3) is 5.91 Å². The van der Waals surface area contributed by atoms with Gasteiger partial charge in [-0.15, -0.1) is 0 Å². The van der Waals surface area contributed by atoms with Crippen LogP contribution in [0.2, 0.25) is 0 Å². The van der Waals surface area contributed by atoms with E-state index in [1.165, 1.54) is 17.1 Å². The van der Waals surface area contributed by atoms with E-state index in [1.54, 1.807) is 12.1 Å². The molecular weight excluding hydrogens is 375 g/mol. The zero-order chi connectivity index (χ0) is 20.0. The number of aryl methyl sites for hydroxylation is 1. The van der Waals surface area contributed by atoms with Crippen molar-refractivity contribution in [3.8, 4) is 0 Å². The number of piperidine rings is 1. The van der Waals surface area contributed by atoms with E-state index in [9.17, 15) is 14.0 Å². The first-order valence-corrected chi connectivity index (χ1v) is 10.1. The molecule has 29 heavy (non-hydrogen) atoms. The summed E-state index contributed by atoms with van der Waals surface area (Å²) in [5, 5.41) is 11.7. The number of aromatic amines is 1. The Morgan fingerprint density at radius 1 is 1.10 bits per heavy atom. The second-order valence-electron chi connectivity index (χ2n) is 7.96. The van der Waals surface area contributed by atoms with Crippen molar-refractivity contribution in [2.24, 2.45) is 0 Å². The fraction of sp³-hybridized carbons (Fsp3) is 0.450. The summed E-state index contributed by atoms with van der Waals surface area (Å²) in [6.07, 6.45) is 5.22. The minimum absolute atomic E-state index is 0.0426. The first-order valence-electron chi connectivity index (χ1n) is 10.1. The van der Waals surface area contributed by atoms with Crippen LogP contribution in [0.15, 0.2) is 24.3 Å². The molecule has 9 heteroatoms. The number of urea groups is 1. The third kappa shape index (κ3) is 3.15. The van der Waals surface area contributed by atoms with E-state index in [1.807, 2.05) is 4.90 Å². The minimum Gasteiger partial charge on any atom is -0.337 e. The maximum Gasteiger partial charge on any atom is 0.338 e. The van der Waals surface area contributed by atoms with Gasteiger partial charge in [-0.05, 0) is 49.9 Å². The molecule has 3 aliphatic rings. The lowest BCUT2D eigenvalue weighted by Gasteiger charge is -2.38. The number of nitrogens with one attached hydrogen (secondary N) is 3. The number of carbonyl (C=O) groups is 2. The Labute approximate surface area is 167 Å². The van der Waals surface area contributed by atoms with Gasteiger partial charge < -0.3 is 10.2 Å². The molecular formula is C20H23FN6O2. The van der Waals surface area contributed by atoms with E-state index in [0.29, 0.717) is 37.3 Å². The molecule has 2 saturated heterocycles. The number of hydrogen-bond donors (Lipinski definition) is 3.